The topological polar surface area (TPSA) is 112 Å². The highest BCUT2D eigenvalue weighted by Gasteiger charge is 2.31. The maximum absolute atomic E-state index is 11.5. The van der Waals surface area contributed by atoms with E-state index in [1.807, 2.05) is 0 Å². The van der Waals surface area contributed by atoms with Crippen molar-refractivity contribution in [3.05, 3.63) is 12.2 Å². The third-order valence-electron chi connectivity index (χ3n) is 8.53. The average molecular weight is 569 g/mol. The summed E-state index contributed by atoms with van der Waals surface area (Å²) in [6, 6.07) is 0. The second kappa shape index (κ2) is 23.8. The Hall–Kier alpha value is -1.89. The number of hydrogen-bond acceptors (Lipinski definition) is 3. The Morgan fingerprint density at radius 1 is 0.525 bits per heavy atom. The molecule has 7 heteroatoms. The van der Waals surface area contributed by atoms with Crippen molar-refractivity contribution < 1.29 is 34.2 Å². The Morgan fingerprint density at radius 3 is 1.18 bits per heavy atom. The summed E-state index contributed by atoms with van der Waals surface area (Å²) in [5.41, 5.74) is 0. The highest BCUT2D eigenvalue weighted by Crippen LogP contribution is 2.22. The van der Waals surface area contributed by atoms with Crippen LogP contribution in [0.3, 0.4) is 0 Å². The van der Waals surface area contributed by atoms with E-state index in [0.717, 1.165) is 25.8 Å². The van der Waals surface area contributed by atoms with Crippen molar-refractivity contribution in [3.8, 4) is 0 Å². The van der Waals surface area contributed by atoms with Crippen LogP contribution in [0.2, 0.25) is 0 Å². The van der Waals surface area contributed by atoms with Crippen molar-refractivity contribution in [2.75, 3.05) is 26.2 Å². The molecule has 0 aromatic heterocycles. The van der Waals surface area contributed by atoms with Crippen molar-refractivity contribution in [2.45, 2.75) is 137 Å². The smallest absolute Gasteiger partial charge is 0.306 e. The predicted octanol–water partition coefficient (Wildman–Crippen LogP) is 8.17. The fourth-order valence-electron chi connectivity index (χ4n) is 5.21. The first kappa shape index (κ1) is 38.1. The molecule has 0 aliphatic rings. The summed E-state index contributed by atoms with van der Waals surface area (Å²) in [6.07, 6.45) is 23.5. The molecule has 0 radical (unpaired) electrons. The van der Waals surface area contributed by atoms with Gasteiger partial charge >= 0.3 is 17.9 Å². The number of quaternary nitrogens is 1. The molecular weight excluding hydrogens is 506 g/mol. The van der Waals surface area contributed by atoms with E-state index in [2.05, 4.69) is 19.1 Å². The fourth-order valence-corrected chi connectivity index (χ4v) is 5.21. The van der Waals surface area contributed by atoms with Crippen molar-refractivity contribution >= 4 is 17.9 Å². The molecule has 40 heavy (non-hydrogen) atoms. The Labute approximate surface area is 245 Å². The van der Waals surface area contributed by atoms with Gasteiger partial charge in [0.1, 0.15) is 0 Å². The lowest BCUT2D eigenvalue weighted by atomic mass is 10.0. The average Bonchev–Trinajstić information content (AvgIpc) is 2.92. The molecule has 234 valence electrons. The molecule has 0 spiro atoms. The lowest BCUT2D eigenvalue weighted by Gasteiger charge is -2.40. The number of carboxylic acid groups (broad SMARTS) is 3. The lowest BCUT2D eigenvalue weighted by molar-refractivity contribution is -0.929. The Bertz CT molecular complexity index is 647. The van der Waals surface area contributed by atoms with Crippen LogP contribution in [0, 0.1) is 17.8 Å². The zero-order valence-electron chi connectivity index (χ0n) is 26.2. The molecule has 7 nitrogen and oxygen atoms in total. The Balaban J connectivity index is 4.61. The third kappa shape index (κ3) is 20.1. The van der Waals surface area contributed by atoms with Crippen molar-refractivity contribution in [1.82, 2.24) is 0 Å². The summed E-state index contributed by atoms with van der Waals surface area (Å²) in [5, 5.41) is 28.3. The predicted molar refractivity (Wildman–Crippen MR) is 163 cm³/mol. The number of carbonyl (C=O) groups is 3. The number of aliphatic carboxylic acids is 3. The van der Waals surface area contributed by atoms with Gasteiger partial charge in [0, 0.05) is 19.3 Å². The molecule has 0 saturated heterocycles. The van der Waals surface area contributed by atoms with Gasteiger partial charge in [-0.1, -0.05) is 97.6 Å². The van der Waals surface area contributed by atoms with Gasteiger partial charge in [-0.3, -0.25) is 14.4 Å². The van der Waals surface area contributed by atoms with Gasteiger partial charge in [-0.15, -0.1) is 0 Å². The highest BCUT2D eigenvalue weighted by atomic mass is 16.4. The molecule has 0 amide bonds. The number of allylic oxidation sites excluding steroid dienone is 2. The molecular formula is C33H62NO6+. The quantitative estimate of drug-likeness (QED) is 0.0498. The van der Waals surface area contributed by atoms with E-state index in [1.54, 1.807) is 20.8 Å². The molecule has 0 heterocycles. The van der Waals surface area contributed by atoms with Gasteiger partial charge in [-0.25, -0.2) is 0 Å². The molecule has 3 atom stereocenters. The van der Waals surface area contributed by atoms with E-state index >= 15 is 0 Å². The SMILES string of the molecule is CC/C=C/CCCCCCCCCCCCCC[N+](CCC(C)C(=O)O)(CCC(C)C(=O)O)CCC(C)C(=O)O. The largest absolute Gasteiger partial charge is 0.481 e. The molecule has 0 rings (SSSR count). The fraction of sp³-hybridized carbons (Fsp3) is 0.848. The van der Waals surface area contributed by atoms with Crippen LogP contribution in [0.15, 0.2) is 12.2 Å². The number of hydrogen-bond donors (Lipinski definition) is 3. The maximum atomic E-state index is 11.5. The highest BCUT2D eigenvalue weighted by molar-refractivity contribution is 5.70. The van der Waals surface area contributed by atoms with Gasteiger partial charge in [0.05, 0.1) is 43.9 Å². The number of unbranched alkanes of at least 4 members (excludes halogenated alkanes) is 12. The second-order valence-electron chi connectivity index (χ2n) is 12.2. The second-order valence-corrected chi connectivity index (χ2v) is 12.2. The van der Waals surface area contributed by atoms with E-state index in [4.69, 9.17) is 0 Å². The summed E-state index contributed by atoms with van der Waals surface area (Å²) < 4.78 is 0.613. The molecule has 0 aliphatic heterocycles. The van der Waals surface area contributed by atoms with E-state index in [1.165, 1.54) is 70.6 Å². The molecule has 0 fully saturated rings. The number of nitrogens with zero attached hydrogens (tertiary/aromatic N) is 1. The van der Waals surface area contributed by atoms with Gasteiger partial charge in [0.25, 0.3) is 0 Å². The van der Waals surface area contributed by atoms with Gasteiger partial charge in [0.2, 0.25) is 0 Å². The number of carboxylic acids is 3. The summed E-state index contributed by atoms with van der Waals surface area (Å²) in [7, 11) is 0. The van der Waals surface area contributed by atoms with Crippen LogP contribution < -0.4 is 0 Å². The van der Waals surface area contributed by atoms with Crippen LogP contribution in [-0.4, -0.2) is 63.9 Å². The minimum Gasteiger partial charge on any atom is -0.481 e. The number of rotatable bonds is 28. The minimum atomic E-state index is -0.823. The molecule has 0 aromatic carbocycles. The molecule has 0 aromatic rings. The Kier molecular flexibility index (Phi) is 22.7. The van der Waals surface area contributed by atoms with Crippen LogP contribution in [-0.2, 0) is 14.4 Å². The summed E-state index contributed by atoms with van der Waals surface area (Å²) >= 11 is 0. The summed E-state index contributed by atoms with van der Waals surface area (Å²) in [4.78, 5) is 34.4. The van der Waals surface area contributed by atoms with E-state index in [-0.39, 0.29) is 0 Å². The van der Waals surface area contributed by atoms with Crippen molar-refractivity contribution in [1.29, 1.82) is 0 Å². The van der Waals surface area contributed by atoms with Gasteiger partial charge in [-0.2, -0.15) is 0 Å². The van der Waals surface area contributed by atoms with Crippen molar-refractivity contribution in [3.63, 3.8) is 0 Å². The lowest BCUT2D eigenvalue weighted by Crippen LogP contribution is -2.52. The van der Waals surface area contributed by atoms with E-state index < -0.39 is 35.7 Å². The normalized spacial score (nSPS) is 15.5. The van der Waals surface area contributed by atoms with E-state index in [9.17, 15) is 29.7 Å². The summed E-state index contributed by atoms with van der Waals surface area (Å²) in [5.74, 6) is -3.90. The standard InChI is InChI=1S/C33H61NO6/c1-5-6-7-8-9-10-11-12-13-14-15-16-17-18-19-20-24-34(25-21-28(2)31(35)36,26-22-29(3)32(37)38)27-23-30(4)33(39)40/h6-7,28-30H,5,8-27H2,1-4H3,(H2-,35,36,37,38,39,40)/p+1/b7-6+. The van der Waals surface area contributed by atoms with Crippen LogP contribution in [0.1, 0.15) is 137 Å². The third-order valence-corrected chi connectivity index (χ3v) is 8.53. The molecule has 0 saturated carbocycles. The molecule has 0 bridgehead atoms. The maximum Gasteiger partial charge on any atom is 0.306 e. The summed E-state index contributed by atoms with van der Waals surface area (Å²) in [6.45, 7) is 10.1. The van der Waals surface area contributed by atoms with E-state index in [0.29, 0.717) is 43.4 Å². The first-order chi connectivity index (χ1) is 19.0. The van der Waals surface area contributed by atoms with Gasteiger partial charge in [-0.05, 0) is 32.1 Å². The Morgan fingerprint density at radius 2 is 0.850 bits per heavy atom. The molecule has 3 unspecified atom stereocenters. The zero-order chi connectivity index (χ0) is 30.2. The van der Waals surface area contributed by atoms with Crippen LogP contribution in [0.5, 0.6) is 0 Å². The first-order valence-electron chi connectivity index (χ1n) is 16.2. The zero-order valence-corrected chi connectivity index (χ0v) is 26.2. The molecule has 0 aliphatic carbocycles. The van der Waals surface area contributed by atoms with Crippen LogP contribution in [0.25, 0.3) is 0 Å². The van der Waals surface area contributed by atoms with Crippen molar-refractivity contribution in [2.24, 2.45) is 17.8 Å². The first-order valence-corrected chi connectivity index (χ1v) is 16.2. The van der Waals surface area contributed by atoms with Gasteiger partial charge < -0.3 is 19.8 Å². The van der Waals surface area contributed by atoms with Crippen LogP contribution in [0.4, 0.5) is 0 Å². The van der Waals surface area contributed by atoms with Gasteiger partial charge in [0.15, 0.2) is 0 Å². The monoisotopic (exact) mass is 568 g/mol. The van der Waals surface area contributed by atoms with Crippen LogP contribution >= 0.6 is 0 Å². The minimum absolute atomic E-state index is 0.478. The molecule has 3 N–H and O–H groups in total.